The molecule has 0 saturated carbocycles. The predicted molar refractivity (Wildman–Crippen MR) is 102 cm³/mol. The predicted octanol–water partition coefficient (Wildman–Crippen LogP) is 2.52. The highest BCUT2D eigenvalue weighted by Gasteiger charge is 2.36. The summed E-state index contributed by atoms with van der Waals surface area (Å²) in [6.45, 7) is 5.66. The van der Waals surface area contributed by atoms with Crippen molar-refractivity contribution in [2.75, 3.05) is 32.7 Å². The van der Waals surface area contributed by atoms with Crippen molar-refractivity contribution in [2.45, 2.75) is 37.4 Å². The molecule has 0 bridgehead atoms. The van der Waals surface area contributed by atoms with Crippen LogP contribution in [0.1, 0.15) is 29.5 Å². The quantitative estimate of drug-likeness (QED) is 0.758. The Hall–Kier alpha value is -1.95. The third kappa shape index (κ3) is 4.53. The van der Waals surface area contributed by atoms with Gasteiger partial charge in [0, 0.05) is 32.7 Å². The van der Waals surface area contributed by atoms with Crippen LogP contribution in [0.2, 0.25) is 0 Å². The van der Waals surface area contributed by atoms with E-state index in [1.54, 1.807) is 6.92 Å². The van der Waals surface area contributed by atoms with Crippen LogP contribution in [0.15, 0.2) is 33.7 Å². The van der Waals surface area contributed by atoms with Crippen LogP contribution in [-0.4, -0.2) is 60.6 Å². The number of sulfonamides is 1. The molecule has 0 amide bonds. The van der Waals surface area contributed by atoms with Gasteiger partial charge in [0.25, 0.3) is 0 Å². The number of benzene rings is 1. The molecule has 1 aliphatic rings. The fraction of sp³-hybridized carbons (Fsp3) is 0.526. The first-order valence-corrected chi connectivity index (χ1v) is 10.8. The Kier molecular flexibility index (Phi) is 6.02. The van der Waals surface area contributed by atoms with Crippen molar-refractivity contribution in [1.82, 2.24) is 14.4 Å². The average Bonchev–Trinajstić information content (AvgIpc) is 3.00. The lowest BCUT2D eigenvalue weighted by atomic mass is 9.93. The number of aryl methyl sites for hydroxylation is 2. The molecule has 1 aliphatic heterocycles. The van der Waals surface area contributed by atoms with Gasteiger partial charge in [0.1, 0.15) is 10.6 Å². The maximum atomic E-state index is 13.0. The largest absolute Gasteiger partial charge is 0.416 e. The van der Waals surface area contributed by atoms with Gasteiger partial charge in [-0.1, -0.05) is 17.3 Å². The van der Waals surface area contributed by atoms with Crippen molar-refractivity contribution in [3.05, 3.63) is 46.8 Å². The zero-order valence-electron chi connectivity index (χ0n) is 16.9. The summed E-state index contributed by atoms with van der Waals surface area (Å²) in [5, 5.41) is 14.5. The number of nitrogens with zero attached hydrogens (tertiary/aromatic N) is 3. The molecule has 1 unspecified atom stereocenters. The van der Waals surface area contributed by atoms with Gasteiger partial charge in [0.15, 0.2) is 5.76 Å². The molecule has 30 heavy (non-hydrogen) atoms. The highest BCUT2D eigenvalue weighted by atomic mass is 32.2. The minimum Gasteiger partial charge on any atom is -0.384 e. The Balaban J connectivity index is 1.68. The first-order chi connectivity index (χ1) is 13.8. The van der Waals surface area contributed by atoms with Crippen LogP contribution in [0.25, 0.3) is 0 Å². The zero-order chi connectivity index (χ0) is 22.3. The number of aliphatic hydroxyl groups is 1. The van der Waals surface area contributed by atoms with Gasteiger partial charge in [-0.15, -0.1) is 0 Å². The highest BCUT2D eigenvalue weighted by molar-refractivity contribution is 7.89. The Bertz CT molecular complexity index is 991. The van der Waals surface area contributed by atoms with E-state index in [0.29, 0.717) is 18.8 Å². The Morgan fingerprint density at radius 3 is 2.27 bits per heavy atom. The summed E-state index contributed by atoms with van der Waals surface area (Å²) in [6, 6.07) is 4.62. The van der Waals surface area contributed by atoms with Crippen molar-refractivity contribution in [3.63, 3.8) is 0 Å². The van der Waals surface area contributed by atoms with Gasteiger partial charge in [-0.3, -0.25) is 4.90 Å². The Labute approximate surface area is 173 Å². The molecule has 0 spiro atoms. The summed E-state index contributed by atoms with van der Waals surface area (Å²) in [6.07, 6.45) is -4.50. The maximum Gasteiger partial charge on any atom is 0.416 e. The van der Waals surface area contributed by atoms with Gasteiger partial charge in [0.2, 0.25) is 10.0 Å². The van der Waals surface area contributed by atoms with Crippen molar-refractivity contribution in [3.8, 4) is 0 Å². The third-order valence-corrected chi connectivity index (χ3v) is 7.38. The van der Waals surface area contributed by atoms with Gasteiger partial charge in [0.05, 0.1) is 11.2 Å². The number of alkyl halides is 3. The number of piperazine rings is 1. The van der Waals surface area contributed by atoms with E-state index in [4.69, 9.17) is 4.52 Å². The smallest absolute Gasteiger partial charge is 0.384 e. The van der Waals surface area contributed by atoms with E-state index in [1.165, 1.54) is 30.3 Å². The summed E-state index contributed by atoms with van der Waals surface area (Å²) in [5.74, 6) is 0.224. The summed E-state index contributed by atoms with van der Waals surface area (Å²) in [7, 11) is -3.76. The van der Waals surface area contributed by atoms with Gasteiger partial charge in [-0.2, -0.15) is 17.5 Å². The monoisotopic (exact) mass is 447 g/mol. The fourth-order valence-corrected chi connectivity index (χ4v) is 5.37. The molecule has 1 aromatic heterocycles. The van der Waals surface area contributed by atoms with E-state index in [-0.39, 0.29) is 35.9 Å². The lowest BCUT2D eigenvalue weighted by Crippen LogP contribution is -2.51. The third-order valence-electron chi connectivity index (χ3n) is 5.24. The lowest BCUT2D eigenvalue weighted by Gasteiger charge is -2.38. The van der Waals surface area contributed by atoms with E-state index in [2.05, 4.69) is 5.16 Å². The average molecular weight is 447 g/mol. The molecule has 1 atom stereocenters. The molecule has 1 aromatic carbocycles. The standard InChI is InChI=1S/C19H24F3N3O4S/c1-13-17(14(2)29-23-13)30(27,28)25-9-7-24(8-10-25)12-18(3,26)15-5-4-6-16(11-15)19(20,21)22/h4-6,11,26H,7-10,12H2,1-3H3. The minimum atomic E-state index is -4.50. The fourth-order valence-electron chi connectivity index (χ4n) is 3.66. The van der Waals surface area contributed by atoms with E-state index in [0.717, 1.165) is 12.1 Å². The van der Waals surface area contributed by atoms with Crippen LogP contribution in [0, 0.1) is 13.8 Å². The number of β-amino-alcohol motifs (C(OH)–C–C–N with tert-alkyl or cyclic N) is 1. The van der Waals surface area contributed by atoms with Gasteiger partial charge >= 0.3 is 6.18 Å². The van der Waals surface area contributed by atoms with E-state index < -0.39 is 27.4 Å². The Morgan fingerprint density at radius 1 is 1.13 bits per heavy atom. The van der Waals surface area contributed by atoms with Crippen molar-refractivity contribution in [2.24, 2.45) is 0 Å². The molecule has 1 N–H and O–H groups in total. The first kappa shape index (κ1) is 22.7. The second kappa shape index (κ2) is 7.95. The molecule has 2 heterocycles. The van der Waals surface area contributed by atoms with Crippen LogP contribution in [0.4, 0.5) is 13.2 Å². The molecule has 3 rings (SSSR count). The van der Waals surface area contributed by atoms with Gasteiger partial charge in [-0.25, -0.2) is 8.42 Å². The second-order valence-corrected chi connectivity index (χ2v) is 9.56. The molecule has 7 nitrogen and oxygen atoms in total. The van der Waals surface area contributed by atoms with E-state index in [9.17, 15) is 26.7 Å². The number of aromatic nitrogens is 1. The molecule has 11 heteroatoms. The van der Waals surface area contributed by atoms with Gasteiger partial charge in [-0.05, 0) is 38.5 Å². The molecule has 166 valence electrons. The molecular formula is C19H24F3N3O4S. The van der Waals surface area contributed by atoms with Crippen molar-refractivity contribution in [1.29, 1.82) is 0 Å². The highest BCUT2D eigenvalue weighted by Crippen LogP contribution is 2.32. The molecule has 2 aromatic rings. The van der Waals surface area contributed by atoms with E-state index in [1.807, 2.05) is 4.90 Å². The van der Waals surface area contributed by atoms with Crippen LogP contribution in [-0.2, 0) is 21.8 Å². The van der Waals surface area contributed by atoms with Crippen LogP contribution >= 0.6 is 0 Å². The van der Waals surface area contributed by atoms with Crippen LogP contribution < -0.4 is 0 Å². The first-order valence-electron chi connectivity index (χ1n) is 9.38. The number of halogens is 3. The SMILES string of the molecule is Cc1noc(C)c1S(=O)(=O)N1CCN(CC(C)(O)c2cccc(C(F)(F)F)c2)CC1. The molecule has 0 radical (unpaired) electrons. The zero-order valence-corrected chi connectivity index (χ0v) is 17.7. The lowest BCUT2D eigenvalue weighted by molar-refractivity contribution is -0.137. The molecule has 0 aliphatic carbocycles. The van der Waals surface area contributed by atoms with Crippen molar-refractivity contribution >= 4 is 10.0 Å². The molecule has 1 saturated heterocycles. The van der Waals surface area contributed by atoms with E-state index >= 15 is 0 Å². The summed E-state index contributed by atoms with van der Waals surface area (Å²) in [4.78, 5) is 1.89. The number of rotatable bonds is 5. The molecule has 1 fully saturated rings. The van der Waals surface area contributed by atoms with Gasteiger partial charge < -0.3 is 9.63 Å². The summed E-state index contributed by atoms with van der Waals surface area (Å²) in [5.41, 5.74) is -1.90. The second-order valence-electron chi connectivity index (χ2n) is 7.69. The van der Waals surface area contributed by atoms with Crippen LogP contribution in [0.3, 0.4) is 0 Å². The van der Waals surface area contributed by atoms with Crippen LogP contribution in [0.5, 0.6) is 0 Å². The number of hydrogen-bond donors (Lipinski definition) is 1. The maximum absolute atomic E-state index is 13.0. The number of hydrogen-bond acceptors (Lipinski definition) is 6. The van der Waals surface area contributed by atoms with Crippen molar-refractivity contribution < 1.29 is 31.2 Å². The Morgan fingerprint density at radius 2 is 1.73 bits per heavy atom. The summed E-state index contributed by atoms with van der Waals surface area (Å²) < 4.78 is 71.0. The molecular weight excluding hydrogens is 423 g/mol. The summed E-state index contributed by atoms with van der Waals surface area (Å²) >= 11 is 0. The normalized spacial score (nSPS) is 19.0. The topological polar surface area (TPSA) is 86.9 Å². The minimum absolute atomic E-state index is 0.0620.